The van der Waals surface area contributed by atoms with Gasteiger partial charge in [-0.3, -0.25) is 0 Å². The molecular weight excluding hydrogens is 285 g/mol. The first-order valence-corrected chi connectivity index (χ1v) is 7.05. The van der Waals surface area contributed by atoms with Crippen LogP contribution in [0.25, 0.3) is 0 Å². The van der Waals surface area contributed by atoms with Gasteiger partial charge in [0.25, 0.3) is 0 Å². The molecule has 100 valence electrons. The third-order valence-electron chi connectivity index (χ3n) is 2.48. The minimum atomic E-state index is -0.400. The molecule has 0 radical (unpaired) electrons. The van der Waals surface area contributed by atoms with Crippen LogP contribution in [0.1, 0.15) is 11.5 Å². The van der Waals surface area contributed by atoms with E-state index in [9.17, 15) is 4.39 Å². The van der Waals surface area contributed by atoms with Crippen molar-refractivity contribution in [3.63, 3.8) is 0 Å². The van der Waals surface area contributed by atoms with Crippen molar-refractivity contribution in [2.24, 2.45) is 0 Å². The van der Waals surface area contributed by atoms with Crippen LogP contribution in [0.5, 0.6) is 0 Å². The fourth-order valence-corrected chi connectivity index (χ4v) is 2.41. The molecule has 0 spiro atoms. The van der Waals surface area contributed by atoms with Crippen LogP contribution in [-0.2, 0) is 5.75 Å². The van der Waals surface area contributed by atoms with Crippen molar-refractivity contribution in [3.8, 4) is 0 Å². The normalized spacial score (nSPS) is 10.5. The Morgan fingerprint density at radius 2 is 1.95 bits per heavy atom. The smallest absolute Gasteiger partial charge is 0.186 e. The number of thioether (sulfide) groups is 1. The van der Waals surface area contributed by atoms with Crippen LogP contribution in [0.2, 0.25) is 5.02 Å². The highest BCUT2D eigenvalue weighted by molar-refractivity contribution is 7.98. The molecule has 3 nitrogen and oxygen atoms in total. The average Bonchev–Trinajstić information content (AvgIpc) is 2.41. The van der Waals surface area contributed by atoms with Gasteiger partial charge in [-0.15, -0.1) is 11.8 Å². The van der Waals surface area contributed by atoms with E-state index in [2.05, 4.69) is 15.3 Å². The molecule has 0 aliphatic carbocycles. The molecule has 2 rings (SSSR count). The Balaban J connectivity index is 2.11. The quantitative estimate of drug-likeness (QED) is 0.868. The van der Waals surface area contributed by atoms with E-state index >= 15 is 0 Å². The standard InChI is InChI=1S/C13H13ClFN3S/c1-8-12(15)13(16-2)18-11(17-8)7-19-10-5-3-9(14)4-6-10/h3-6H,7H2,1-2H3,(H,16,17,18). The first-order chi connectivity index (χ1) is 9.10. The van der Waals surface area contributed by atoms with Gasteiger partial charge in [0, 0.05) is 17.0 Å². The number of halogens is 2. The summed E-state index contributed by atoms with van der Waals surface area (Å²) in [5, 5.41) is 3.43. The number of nitrogens with one attached hydrogen (secondary N) is 1. The number of hydrogen-bond donors (Lipinski definition) is 1. The number of nitrogens with zero attached hydrogens (tertiary/aromatic N) is 2. The van der Waals surface area contributed by atoms with Crippen molar-refractivity contribution in [2.45, 2.75) is 17.6 Å². The molecule has 0 atom stereocenters. The Hall–Kier alpha value is -1.33. The molecule has 0 aliphatic rings. The molecule has 19 heavy (non-hydrogen) atoms. The zero-order chi connectivity index (χ0) is 13.8. The Labute approximate surface area is 120 Å². The fraction of sp³-hybridized carbons (Fsp3) is 0.231. The van der Waals surface area contributed by atoms with E-state index in [0.29, 0.717) is 22.3 Å². The Kier molecular flexibility index (Phi) is 4.61. The lowest BCUT2D eigenvalue weighted by Crippen LogP contribution is -2.05. The van der Waals surface area contributed by atoms with Gasteiger partial charge in [0.2, 0.25) is 0 Å². The second-order valence-corrected chi connectivity index (χ2v) is 5.37. The number of aryl methyl sites for hydroxylation is 1. The predicted octanol–water partition coefficient (Wildman–Crippen LogP) is 3.91. The van der Waals surface area contributed by atoms with E-state index in [1.54, 1.807) is 25.7 Å². The molecule has 6 heteroatoms. The molecule has 0 amide bonds. The van der Waals surface area contributed by atoms with Gasteiger partial charge in [-0.2, -0.15) is 0 Å². The first kappa shape index (κ1) is 14.1. The summed E-state index contributed by atoms with van der Waals surface area (Å²) in [6.07, 6.45) is 0. The third-order valence-corrected chi connectivity index (χ3v) is 3.74. The van der Waals surface area contributed by atoms with Crippen LogP contribution in [-0.4, -0.2) is 17.0 Å². The van der Waals surface area contributed by atoms with Crippen LogP contribution in [0.3, 0.4) is 0 Å². The van der Waals surface area contributed by atoms with E-state index in [-0.39, 0.29) is 5.82 Å². The Morgan fingerprint density at radius 1 is 1.26 bits per heavy atom. The topological polar surface area (TPSA) is 37.8 Å². The van der Waals surface area contributed by atoms with Gasteiger partial charge in [0.05, 0.1) is 11.4 Å². The van der Waals surface area contributed by atoms with Crippen LogP contribution < -0.4 is 5.32 Å². The minimum absolute atomic E-state index is 0.235. The van der Waals surface area contributed by atoms with Gasteiger partial charge in [0.1, 0.15) is 5.82 Å². The maximum Gasteiger partial charge on any atom is 0.186 e. The van der Waals surface area contributed by atoms with Crippen LogP contribution in [0, 0.1) is 12.7 Å². The highest BCUT2D eigenvalue weighted by atomic mass is 35.5. The van der Waals surface area contributed by atoms with Crippen LogP contribution in [0.4, 0.5) is 10.2 Å². The maximum atomic E-state index is 13.6. The van der Waals surface area contributed by atoms with Gasteiger partial charge in [-0.25, -0.2) is 14.4 Å². The number of anilines is 1. The Morgan fingerprint density at radius 3 is 2.58 bits per heavy atom. The molecule has 0 aliphatic heterocycles. The number of aromatic nitrogens is 2. The molecule has 0 saturated heterocycles. The number of benzene rings is 1. The SMILES string of the molecule is CNc1nc(CSc2ccc(Cl)cc2)nc(C)c1F. The lowest BCUT2D eigenvalue weighted by atomic mass is 10.4. The van der Waals surface area contributed by atoms with E-state index in [0.717, 1.165) is 4.90 Å². The summed E-state index contributed by atoms with van der Waals surface area (Å²) in [6.45, 7) is 1.63. The zero-order valence-electron chi connectivity index (χ0n) is 10.6. The van der Waals surface area contributed by atoms with Gasteiger partial charge < -0.3 is 5.32 Å². The van der Waals surface area contributed by atoms with Crippen molar-refractivity contribution in [1.82, 2.24) is 9.97 Å². The Bertz CT molecular complexity index is 575. The van der Waals surface area contributed by atoms with Gasteiger partial charge in [-0.1, -0.05) is 11.6 Å². The summed E-state index contributed by atoms with van der Waals surface area (Å²) in [6, 6.07) is 7.53. The van der Waals surface area contributed by atoms with E-state index in [1.807, 2.05) is 24.3 Å². The van der Waals surface area contributed by atoms with E-state index in [4.69, 9.17) is 11.6 Å². The monoisotopic (exact) mass is 297 g/mol. The second-order valence-electron chi connectivity index (χ2n) is 3.88. The van der Waals surface area contributed by atoms with Gasteiger partial charge in [0.15, 0.2) is 11.6 Å². The number of hydrogen-bond acceptors (Lipinski definition) is 4. The van der Waals surface area contributed by atoms with Crippen molar-refractivity contribution in [1.29, 1.82) is 0 Å². The van der Waals surface area contributed by atoms with Crippen molar-refractivity contribution < 1.29 is 4.39 Å². The molecule has 0 unspecified atom stereocenters. The summed E-state index contributed by atoms with van der Waals surface area (Å²) in [7, 11) is 1.64. The molecule has 0 bridgehead atoms. The van der Waals surface area contributed by atoms with E-state index < -0.39 is 5.82 Å². The largest absolute Gasteiger partial charge is 0.371 e. The molecule has 0 saturated carbocycles. The highest BCUT2D eigenvalue weighted by Gasteiger charge is 2.10. The summed E-state index contributed by atoms with van der Waals surface area (Å²) < 4.78 is 13.6. The molecule has 1 N–H and O–H groups in total. The molecule has 2 aromatic rings. The molecule has 0 fully saturated rings. The predicted molar refractivity (Wildman–Crippen MR) is 77.3 cm³/mol. The third kappa shape index (κ3) is 3.58. The average molecular weight is 298 g/mol. The van der Waals surface area contributed by atoms with Gasteiger partial charge in [-0.05, 0) is 31.2 Å². The summed E-state index contributed by atoms with van der Waals surface area (Å²) in [4.78, 5) is 9.35. The van der Waals surface area contributed by atoms with Crippen molar-refractivity contribution >= 4 is 29.2 Å². The maximum absolute atomic E-state index is 13.6. The summed E-state index contributed by atoms with van der Waals surface area (Å²) in [5.41, 5.74) is 0.353. The van der Waals surface area contributed by atoms with E-state index in [1.165, 1.54) is 0 Å². The van der Waals surface area contributed by atoms with Crippen molar-refractivity contribution in [2.75, 3.05) is 12.4 Å². The molecule has 1 heterocycles. The second kappa shape index (κ2) is 6.21. The van der Waals surface area contributed by atoms with Crippen LogP contribution in [0.15, 0.2) is 29.2 Å². The van der Waals surface area contributed by atoms with Gasteiger partial charge >= 0.3 is 0 Å². The van der Waals surface area contributed by atoms with Crippen molar-refractivity contribution in [3.05, 3.63) is 46.6 Å². The highest BCUT2D eigenvalue weighted by Crippen LogP contribution is 2.24. The molecular formula is C13H13ClFN3S. The zero-order valence-corrected chi connectivity index (χ0v) is 12.1. The minimum Gasteiger partial charge on any atom is -0.371 e. The van der Waals surface area contributed by atoms with Crippen LogP contribution >= 0.6 is 23.4 Å². The molecule has 1 aromatic heterocycles. The molecule has 1 aromatic carbocycles. The lowest BCUT2D eigenvalue weighted by molar-refractivity contribution is 0.603. The lowest BCUT2D eigenvalue weighted by Gasteiger charge is -2.07. The number of rotatable bonds is 4. The summed E-state index contributed by atoms with van der Waals surface area (Å²) in [5.74, 6) is 1.02. The summed E-state index contributed by atoms with van der Waals surface area (Å²) >= 11 is 7.40. The first-order valence-electron chi connectivity index (χ1n) is 5.69. The fourth-order valence-electron chi connectivity index (χ4n) is 1.53.